The second-order valence-corrected chi connectivity index (χ2v) is 6.09. The van der Waals surface area contributed by atoms with Gasteiger partial charge < -0.3 is 4.90 Å². The van der Waals surface area contributed by atoms with Gasteiger partial charge in [0, 0.05) is 30.4 Å². The first kappa shape index (κ1) is 18.3. The second kappa shape index (κ2) is 8.71. The van der Waals surface area contributed by atoms with Crippen molar-refractivity contribution in [3.63, 3.8) is 0 Å². The van der Waals surface area contributed by atoms with Crippen molar-refractivity contribution in [3.8, 4) is 0 Å². The van der Waals surface area contributed by atoms with Gasteiger partial charge in [-0.2, -0.15) is 0 Å². The van der Waals surface area contributed by atoms with Crippen LogP contribution in [0.3, 0.4) is 0 Å². The van der Waals surface area contributed by atoms with Crippen LogP contribution in [0.4, 0.5) is 5.69 Å². The highest BCUT2D eigenvalue weighted by molar-refractivity contribution is 5.94. The van der Waals surface area contributed by atoms with Crippen molar-refractivity contribution in [2.45, 2.75) is 13.0 Å². The summed E-state index contributed by atoms with van der Waals surface area (Å²) in [7, 11) is 0. The maximum absolute atomic E-state index is 13.0. The summed E-state index contributed by atoms with van der Waals surface area (Å²) in [5.41, 5.74) is 2.09. The number of pyridine rings is 1. The van der Waals surface area contributed by atoms with E-state index in [2.05, 4.69) is 4.98 Å². The van der Waals surface area contributed by atoms with Crippen LogP contribution < -0.4 is 0 Å². The minimum Gasteiger partial charge on any atom is -0.332 e. The molecule has 136 valence electrons. The number of benzene rings is 2. The Balaban J connectivity index is 1.82. The molecule has 3 rings (SSSR count). The van der Waals surface area contributed by atoms with E-state index in [1.165, 1.54) is 18.2 Å². The van der Waals surface area contributed by atoms with E-state index in [4.69, 9.17) is 0 Å². The van der Waals surface area contributed by atoms with E-state index >= 15 is 0 Å². The zero-order chi connectivity index (χ0) is 19.1. The summed E-state index contributed by atoms with van der Waals surface area (Å²) in [5.74, 6) is -0.250. The van der Waals surface area contributed by atoms with Crippen LogP contribution in [0.25, 0.3) is 0 Å². The minimum absolute atomic E-state index is 0.0957. The molecular formula is C21H19N3O3. The fraction of sp³-hybridized carbons (Fsp3) is 0.143. The molecule has 2 aromatic carbocycles. The first-order valence-corrected chi connectivity index (χ1v) is 8.61. The number of hydrogen-bond acceptors (Lipinski definition) is 4. The quantitative estimate of drug-likeness (QED) is 0.473. The Labute approximate surface area is 157 Å². The Hall–Kier alpha value is -3.54. The van der Waals surface area contributed by atoms with E-state index in [0.29, 0.717) is 25.1 Å². The van der Waals surface area contributed by atoms with Gasteiger partial charge in [-0.05, 0) is 30.2 Å². The van der Waals surface area contributed by atoms with Crippen molar-refractivity contribution in [1.29, 1.82) is 0 Å². The van der Waals surface area contributed by atoms with Crippen LogP contribution in [-0.4, -0.2) is 27.3 Å². The van der Waals surface area contributed by atoms with E-state index in [1.54, 1.807) is 17.2 Å². The van der Waals surface area contributed by atoms with E-state index in [0.717, 1.165) is 11.3 Å². The lowest BCUT2D eigenvalue weighted by molar-refractivity contribution is -0.384. The Morgan fingerprint density at radius 1 is 1.00 bits per heavy atom. The van der Waals surface area contributed by atoms with Gasteiger partial charge >= 0.3 is 0 Å². The lowest BCUT2D eigenvalue weighted by Crippen LogP contribution is -2.32. The lowest BCUT2D eigenvalue weighted by atomic mass is 10.1. The van der Waals surface area contributed by atoms with Crippen LogP contribution in [0, 0.1) is 10.1 Å². The van der Waals surface area contributed by atoms with Crippen LogP contribution in [-0.2, 0) is 13.0 Å². The highest BCUT2D eigenvalue weighted by Gasteiger charge is 2.19. The average molecular weight is 361 g/mol. The molecule has 1 amide bonds. The molecule has 6 heteroatoms. The molecule has 0 atom stereocenters. The number of non-ortho nitro benzene ring substituents is 1. The van der Waals surface area contributed by atoms with Crippen molar-refractivity contribution in [1.82, 2.24) is 9.88 Å². The lowest BCUT2D eigenvalue weighted by Gasteiger charge is -2.22. The molecule has 0 fully saturated rings. The molecule has 0 aliphatic heterocycles. The largest absolute Gasteiger partial charge is 0.332 e. The van der Waals surface area contributed by atoms with Crippen LogP contribution >= 0.6 is 0 Å². The summed E-state index contributed by atoms with van der Waals surface area (Å²) in [5, 5.41) is 11.0. The summed E-state index contributed by atoms with van der Waals surface area (Å²) in [6.45, 7) is 0.831. The molecule has 0 radical (unpaired) electrons. The van der Waals surface area contributed by atoms with E-state index in [9.17, 15) is 14.9 Å². The predicted molar refractivity (Wildman–Crippen MR) is 102 cm³/mol. The van der Waals surface area contributed by atoms with Gasteiger partial charge in [-0.15, -0.1) is 0 Å². The number of nitrogens with zero attached hydrogens (tertiary/aromatic N) is 3. The molecule has 0 unspecified atom stereocenters. The number of aromatic nitrogens is 1. The third-order valence-corrected chi connectivity index (χ3v) is 4.18. The Morgan fingerprint density at radius 2 is 1.78 bits per heavy atom. The molecule has 1 heterocycles. The third kappa shape index (κ3) is 4.98. The Kier molecular flexibility index (Phi) is 5.89. The van der Waals surface area contributed by atoms with Crippen molar-refractivity contribution >= 4 is 11.6 Å². The molecule has 27 heavy (non-hydrogen) atoms. The van der Waals surface area contributed by atoms with E-state index in [1.807, 2.05) is 48.5 Å². The van der Waals surface area contributed by atoms with Crippen LogP contribution in [0.15, 0.2) is 79.0 Å². The van der Waals surface area contributed by atoms with E-state index in [-0.39, 0.29) is 11.6 Å². The first-order chi connectivity index (χ1) is 13.1. The zero-order valence-corrected chi connectivity index (χ0v) is 14.7. The van der Waals surface area contributed by atoms with Gasteiger partial charge in [-0.25, -0.2) is 0 Å². The van der Waals surface area contributed by atoms with Crippen LogP contribution in [0.1, 0.15) is 21.6 Å². The zero-order valence-electron chi connectivity index (χ0n) is 14.7. The number of nitro benzene ring substituents is 1. The Morgan fingerprint density at radius 3 is 2.48 bits per heavy atom. The molecule has 0 saturated heterocycles. The summed E-state index contributed by atoms with van der Waals surface area (Å²) < 4.78 is 0. The molecule has 1 aromatic heterocycles. The average Bonchev–Trinajstić information content (AvgIpc) is 2.72. The number of carbonyl (C=O) groups is 1. The summed E-state index contributed by atoms with van der Waals surface area (Å²) in [4.78, 5) is 29.5. The number of hydrogen-bond donors (Lipinski definition) is 0. The number of carbonyl (C=O) groups excluding carboxylic acids is 1. The standard InChI is InChI=1S/C21H19N3O3/c25-21(18-9-6-11-20(15-18)24(26)27)23(16-19-10-4-5-13-22-19)14-12-17-7-2-1-3-8-17/h1-11,13,15H,12,14,16H2. The van der Waals surface area contributed by atoms with Gasteiger partial charge in [-0.3, -0.25) is 19.9 Å². The van der Waals surface area contributed by atoms with Gasteiger partial charge in [0.2, 0.25) is 0 Å². The molecule has 0 saturated carbocycles. The fourth-order valence-electron chi connectivity index (χ4n) is 2.78. The fourth-order valence-corrected chi connectivity index (χ4v) is 2.78. The van der Waals surface area contributed by atoms with Gasteiger partial charge in [0.25, 0.3) is 11.6 Å². The molecule has 6 nitrogen and oxygen atoms in total. The maximum atomic E-state index is 13.0. The van der Waals surface area contributed by atoms with Crippen molar-refractivity contribution < 1.29 is 9.72 Å². The predicted octanol–water partition coefficient (Wildman–Crippen LogP) is 3.87. The topological polar surface area (TPSA) is 76.3 Å². The van der Waals surface area contributed by atoms with Gasteiger partial charge in [0.05, 0.1) is 17.2 Å². The SMILES string of the molecule is O=C(c1cccc([N+](=O)[O-])c1)N(CCc1ccccc1)Cc1ccccn1. The van der Waals surface area contributed by atoms with Crippen LogP contribution in [0.2, 0.25) is 0 Å². The molecule has 0 N–H and O–H groups in total. The monoisotopic (exact) mass is 361 g/mol. The van der Waals surface area contributed by atoms with E-state index < -0.39 is 4.92 Å². The minimum atomic E-state index is -0.496. The molecular weight excluding hydrogens is 342 g/mol. The molecule has 0 bridgehead atoms. The van der Waals surface area contributed by atoms with Crippen molar-refractivity contribution in [2.24, 2.45) is 0 Å². The number of amides is 1. The highest BCUT2D eigenvalue weighted by atomic mass is 16.6. The molecule has 0 aliphatic carbocycles. The first-order valence-electron chi connectivity index (χ1n) is 8.61. The molecule has 0 aliphatic rings. The molecule has 0 spiro atoms. The smallest absolute Gasteiger partial charge is 0.270 e. The van der Waals surface area contributed by atoms with Crippen LogP contribution in [0.5, 0.6) is 0 Å². The normalized spacial score (nSPS) is 10.4. The number of rotatable bonds is 7. The molecule has 3 aromatic rings. The van der Waals surface area contributed by atoms with Crippen molar-refractivity contribution in [2.75, 3.05) is 6.54 Å². The second-order valence-electron chi connectivity index (χ2n) is 6.09. The highest BCUT2D eigenvalue weighted by Crippen LogP contribution is 2.16. The van der Waals surface area contributed by atoms with Gasteiger partial charge in [0.1, 0.15) is 0 Å². The van der Waals surface area contributed by atoms with Gasteiger partial charge in [-0.1, -0.05) is 42.5 Å². The van der Waals surface area contributed by atoms with Crippen molar-refractivity contribution in [3.05, 3.63) is 106 Å². The Bertz CT molecular complexity index is 914. The maximum Gasteiger partial charge on any atom is 0.270 e. The third-order valence-electron chi connectivity index (χ3n) is 4.18. The number of nitro groups is 1. The summed E-state index contributed by atoms with van der Waals surface area (Å²) in [6.07, 6.45) is 2.37. The van der Waals surface area contributed by atoms with Gasteiger partial charge in [0.15, 0.2) is 0 Å². The summed E-state index contributed by atoms with van der Waals surface area (Å²) >= 11 is 0. The summed E-state index contributed by atoms with van der Waals surface area (Å²) in [6, 6.07) is 21.3.